The molecule has 1 N–H and O–H groups in total. The Morgan fingerprint density at radius 2 is 1.88 bits per heavy atom. The summed E-state index contributed by atoms with van der Waals surface area (Å²) in [5.74, 6) is 0. The van der Waals surface area contributed by atoms with Gasteiger partial charge in [-0.25, -0.2) is 0 Å². The number of nitrogens with one attached hydrogen (secondary N) is 1. The minimum absolute atomic E-state index is 0.627. The predicted octanol–water partition coefficient (Wildman–Crippen LogP) is 4.47. The SMILES string of the molecule is CCCCCC(C)NCc1ccc(SC)cc1. The maximum Gasteiger partial charge on any atom is 0.0207 e. The second-order valence-corrected chi connectivity index (χ2v) is 5.51. The molecule has 0 aliphatic carbocycles. The molecular weight excluding hydrogens is 226 g/mol. The summed E-state index contributed by atoms with van der Waals surface area (Å²) in [6.07, 6.45) is 7.41. The van der Waals surface area contributed by atoms with Gasteiger partial charge in [-0.3, -0.25) is 0 Å². The maximum absolute atomic E-state index is 3.59. The Morgan fingerprint density at radius 1 is 1.18 bits per heavy atom. The summed E-state index contributed by atoms with van der Waals surface area (Å²) in [6.45, 7) is 5.53. The fraction of sp³-hybridized carbons (Fsp3) is 0.600. The van der Waals surface area contributed by atoms with Crippen molar-refractivity contribution < 1.29 is 0 Å². The highest BCUT2D eigenvalue weighted by Gasteiger charge is 2.01. The molecule has 96 valence electrons. The Kier molecular flexibility index (Phi) is 7.38. The molecule has 0 radical (unpaired) electrons. The zero-order valence-corrected chi connectivity index (χ0v) is 12.1. The molecular formula is C15H25NS. The fourth-order valence-corrected chi connectivity index (χ4v) is 2.25. The molecule has 0 aliphatic rings. The van der Waals surface area contributed by atoms with Gasteiger partial charge in [-0.15, -0.1) is 11.8 Å². The van der Waals surface area contributed by atoms with Crippen LogP contribution in [0, 0.1) is 0 Å². The Hall–Kier alpha value is -0.470. The summed E-state index contributed by atoms with van der Waals surface area (Å²) < 4.78 is 0. The zero-order valence-electron chi connectivity index (χ0n) is 11.3. The number of hydrogen-bond donors (Lipinski definition) is 1. The third-order valence-electron chi connectivity index (χ3n) is 3.05. The Bertz CT molecular complexity index is 294. The van der Waals surface area contributed by atoms with Crippen molar-refractivity contribution in [2.24, 2.45) is 0 Å². The van der Waals surface area contributed by atoms with Crippen LogP contribution < -0.4 is 5.32 Å². The second-order valence-electron chi connectivity index (χ2n) is 4.63. The van der Waals surface area contributed by atoms with E-state index >= 15 is 0 Å². The molecule has 1 atom stereocenters. The van der Waals surface area contributed by atoms with Crippen molar-refractivity contribution in [1.29, 1.82) is 0 Å². The topological polar surface area (TPSA) is 12.0 Å². The van der Waals surface area contributed by atoms with Gasteiger partial charge in [0, 0.05) is 17.5 Å². The normalized spacial score (nSPS) is 12.6. The average Bonchev–Trinajstić information content (AvgIpc) is 2.37. The molecule has 0 aromatic heterocycles. The van der Waals surface area contributed by atoms with E-state index in [2.05, 4.69) is 49.7 Å². The molecule has 0 amide bonds. The lowest BCUT2D eigenvalue weighted by molar-refractivity contribution is 0.487. The summed E-state index contributed by atoms with van der Waals surface area (Å²) >= 11 is 1.80. The Morgan fingerprint density at radius 3 is 2.47 bits per heavy atom. The number of thioether (sulfide) groups is 1. The van der Waals surface area contributed by atoms with Gasteiger partial charge in [0.05, 0.1) is 0 Å². The summed E-state index contributed by atoms with van der Waals surface area (Å²) in [4.78, 5) is 1.34. The van der Waals surface area contributed by atoms with Gasteiger partial charge in [-0.2, -0.15) is 0 Å². The minimum Gasteiger partial charge on any atom is -0.310 e. The molecule has 1 aromatic rings. The molecule has 0 saturated carbocycles. The number of hydrogen-bond acceptors (Lipinski definition) is 2. The molecule has 1 aromatic carbocycles. The first-order valence-corrected chi connectivity index (χ1v) is 7.85. The van der Waals surface area contributed by atoms with Gasteiger partial charge in [0.25, 0.3) is 0 Å². The van der Waals surface area contributed by atoms with Crippen LogP contribution in [0.3, 0.4) is 0 Å². The Balaban J connectivity index is 2.24. The van der Waals surface area contributed by atoms with Gasteiger partial charge in [0.1, 0.15) is 0 Å². The lowest BCUT2D eigenvalue weighted by Crippen LogP contribution is -2.25. The van der Waals surface area contributed by atoms with Crippen LogP contribution >= 0.6 is 11.8 Å². The molecule has 2 heteroatoms. The highest BCUT2D eigenvalue weighted by molar-refractivity contribution is 7.98. The van der Waals surface area contributed by atoms with Crippen molar-refractivity contribution >= 4 is 11.8 Å². The summed E-state index contributed by atoms with van der Waals surface area (Å²) in [5, 5.41) is 3.59. The van der Waals surface area contributed by atoms with Crippen LogP contribution in [0.4, 0.5) is 0 Å². The molecule has 0 aliphatic heterocycles. The van der Waals surface area contributed by atoms with Crippen molar-refractivity contribution in [1.82, 2.24) is 5.32 Å². The van der Waals surface area contributed by atoms with Gasteiger partial charge in [-0.05, 0) is 37.3 Å². The quantitative estimate of drug-likeness (QED) is 0.540. The van der Waals surface area contributed by atoms with Crippen molar-refractivity contribution in [3.63, 3.8) is 0 Å². The monoisotopic (exact) mass is 251 g/mol. The molecule has 0 heterocycles. The fourth-order valence-electron chi connectivity index (χ4n) is 1.84. The van der Waals surface area contributed by atoms with E-state index in [9.17, 15) is 0 Å². The van der Waals surface area contributed by atoms with Gasteiger partial charge >= 0.3 is 0 Å². The number of unbranched alkanes of at least 4 members (excludes halogenated alkanes) is 2. The van der Waals surface area contributed by atoms with Crippen LogP contribution in [-0.4, -0.2) is 12.3 Å². The van der Waals surface area contributed by atoms with Crippen LogP contribution in [0.25, 0.3) is 0 Å². The van der Waals surface area contributed by atoms with Crippen LogP contribution in [0.15, 0.2) is 29.2 Å². The van der Waals surface area contributed by atoms with Crippen molar-refractivity contribution in [2.45, 2.75) is 57.0 Å². The van der Waals surface area contributed by atoms with E-state index in [0.717, 1.165) is 6.54 Å². The zero-order chi connectivity index (χ0) is 12.5. The molecule has 0 spiro atoms. The van der Waals surface area contributed by atoms with E-state index in [-0.39, 0.29) is 0 Å². The largest absolute Gasteiger partial charge is 0.310 e. The molecule has 0 fully saturated rings. The lowest BCUT2D eigenvalue weighted by Gasteiger charge is -2.13. The average molecular weight is 251 g/mol. The highest BCUT2D eigenvalue weighted by atomic mass is 32.2. The van der Waals surface area contributed by atoms with Crippen LogP contribution in [0.1, 0.15) is 45.1 Å². The summed E-state index contributed by atoms with van der Waals surface area (Å²) in [6, 6.07) is 9.46. The molecule has 1 rings (SSSR count). The van der Waals surface area contributed by atoms with Crippen molar-refractivity contribution in [2.75, 3.05) is 6.26 Å². The van der Waals surface area contributed by atoms with Crippen LogP contribution in [-0.2, 0) is 6.54 Å². The second kappa shape index (κ2) is 8.60. The van der Waals surface area contributed by atoms with Crippen LogP contribution in [0.5, 0.6) is 0 Å². The Labute approximate surface area is 110 Å². The van der Waals surface area contributed by atoms with E-state index in [1.165, 1.54) is 36.1 Å². The minimum atomic E-state index is 0.627. The highest BCUT2D eigenvalue weighted by Crippen LogP contribution is 2.14. The van der Waals surface area contributed by atoms with Gasteiger partial charge < -0.3 is 5.32 Å². The maximum atomic E-state index is 3.59. The third-order valence-corrected chi connectivity index (χ3v) is 3.80. The smallest absolute Gasteiger partial charge is 0.0207 e. The van der Waals surface area contributed by atoms with E-state index in [0.29, 0.717) is 6.04 Å². The van der Waals surface area contributed by atoms with Crippen LogP contribution in [0.2, 0.25) is 0 Å². The van der Waals surface area contributed by atoms with Gasteiger partial charge in [0.2, 0.25) is 0 Å². The first kappa shape index (κ1) is 14.6. The van der Waals surface area contributed by atoms with Gasteiger partial charge in [0.15, 0.2) is 0 Å². The molecule has 1 nitrogen and oxygen atoms in total. The first-order valence-electron chi connectivity index (χ1n) is 6.62. The van der Waals surface area contributed by atoms with Crippen molar-refractivity contribution in [3.05, 3.63) is 29.8 Å². The number of benzene rings is 1. The standard InChI is InChI=1S/C15H25NS/c1-4-5-6-7-13(2)16-12-14-8-10-15(17-3)11-9-14/h8-11,13,16H,4-7,12H2,1-3H3. The van der Waals surface area contributed by atoms with Crippen molar-refractivity contribution in [3.8, 4) is 0 Å². The molecule has 1 unspecified atom stereocenters. The molecule has 0 saturated heterocycles. The van der Waals surface area contributed by atoms with Gasteiger partial charge in [-0.1, -0.05) is 38.3 Å². The van der Waals surface area contributed by atoms with E-state index in [1.807, 2.05) is 0 Å². The summed E-state index contributed by atoms with van der Waals surface area (Å²) in [7, 11) is 0. The third kappa shape index (κ3) is 6.13. The predicted molar refractivity (Wildman–Crippen MR) is 78.7 cm³/mol. The molecule has 17 heavy (non-hydrogen) atoms. The lowest BCUT2D eigenvalue weighted by atomic mass is 10.1. The first-order chi connectivity index (χ1) is 8.26. The van der Waals surface area contributed by atoms with E-state index < -0.39 is 0 Å². The summed E-state index contributed by atoms with van der Waals surface area (Å²) in [5.41, 5.74) is 1.38. The van der Waals surface area contributed by atoms with E-state index in [4.69, 9.17) is 0 Å². The number of rotatable bonds is 8. The van der Waals surface area contributed by atoms with E-state index in [1.54, 1.807) is 11.8 Å². The molecule has 0 bridgehead atoms.